The number of hydrogen-bond acceptors (Lipinski definition) is 4. The molecule has 2 aromatic heterocycles. The minimum Gasteiger partial charge on any atom is -0.494 e. The van der Waals surface area contributed by atoms with Gasteiger partial charge in [-0.05, 0) is 37.8 Å². The molecule has 4 aromatic rings. The van der Waals surface area contributed by atoms with Gasteiger partial charge in [-0.2, -0.15) is 5.10 Å². The molecule has 29 heavy (non-hydrogen) atoms. The highest BCUT2D eigenvalue weighted by Crippen LogP contribution is 2.40. The molecule has 0 unspecified atom stereocenters. The Balaban J connectivity index is 1.73. The molecule has 0 bridgehead atoms. The Labute approximate surface area is 170 Å². The molecule has 5 heteroatoms. The van der Waals surface area contributed by atoms with Gasteiger partial charge in [0.25, 0.3) is 0 Å². The highest BCUT2D eigenvalue weighted by Gasteiger charge is 2.27. The molecule has 0 spiro atoms. The van der Waals surface area contributed by atoms with Gasteiger partial charge in [-0.15, -0.1) is 0 Å². The Morgan fingerprint density at radius 2 is 1.86 bits per heavy atom. The van der Waals surface area contributed by atoms with Crippen LogP contribution < -0.4 is 4.74 Å². The van der Waals surface area contributed by atoms with Crippen LogP contribution in [0.5, 0.6) is 5.75 Å². The van der Waals surface area contributed by atoms with Crippen molar-refractivity contribution in [1.29, 1.82) is 0 Å². The van der Waals surface area contributed by atoms with Crippen LogP contribution in [0, 0.1) is 0 Å². The maximum Gasteiger partial charge on any atom is 0.124 e. The number of rotatable bonds is 6. The average molecular weight is 384 g/mol. The van der Waals surface area contributed by atoms with Crippen molar-refractivity contribution in [3.63, 3.8) is 0 Å². The zero-order valence-corrected chi connectivity index (χ0v) is 16.8. The van der Waals surface area contributed by atoms with E-state index in [2.05, 4.69) is 53.1 Å². The second kappa shape index (κ2) is 7.32. The molecule has 5 rings (SSSR count). The van der Waals surface area contributed by atoms with Gasteiger partial charge in [-0.1, -0.05) is 37.3 Å². The quantitative estimate of drug-likeness (QED) is 0.443. The van der Waals surface area contributed by atoms with Crippen molar-refractivity contribution < 1.29 is 4.74 Å². The SMILES string of the molecule is CCOc1cc2ncnc(-c3cn(C4CC4)nc3-c3ccccc3)c2cc1CC. The Morgan fingerprint density at radius 1 is 1.03 bits per heavy atom. The minimum atomic E-state index is 0.509. The summed E-state index contributed by atoms with van der Waals surface area (Å²) in [5.74, 6) is 0.907. The Morgan fingerprint density at radius 3 is 2.59 bits per heavy atom. The van der Waals surface area contributed by atoms with Crippen molar-refractivity contribution in [2.24, 2.45) is 0 Å². The predicted molar refractivity (Wildman–Crippen MR) is 115 cm³/mol. The first kappa shape index (κ1) is 17.9. The lowest BCUT2D eigenvalue weighted by atomic mass is 10.0. The molecule has 2 heterocycles. The monoisotopic (exact) mass is 384 g/mol. The van der Waals surface area contributed by atoms with E-state index >= 15 is 0 Å². The van der Waals surface area contributed by atoms with Crippen LogP contribution in [0.2, 0.25) is 0 Å². The molecule has 2 aromatic carbocycles. The van der Waals surface area contributed by atoms with Gasteiger partial charge < -0.3 is 4.74 Å². The van der Waals surface area contributed by atoms with Gasteiger partial charge in [0.05, 0.1) is 23.9 Å². The van der Waals surface area contributed by atoms with Crippen LogP contribution in [-0.2, 0) is 6.42 Å². The zero-order chi connectivity index (χ0) is 19.8. The molecule has 146 valence electrons. The normalized spacial score (nSPS) is 13.7. The number of aromatic nitrogens is 4. The van der Waals surface area contributed by atoms with E-state index in [0.29, 0.717) is 12.6 Å². The molecular weight excluding hydrogens is 360 g/mol. The molecule has 0 radical (unpaired) electrons. The molecule has 0 saturated heterocycles. The second-order valence-electron chi connectivity index (χ2n) is 7.45. The summed E-state index contributed by atoms with van der Waals surface area (Å²) < 4.78 is 7.95. The Bertz CT molecular complexity index is 1160. The molecule has 1 fully saturated rings. The lowest BCUT2D eigenvalue weighted by Gasteiger charge is -2.12. The summed E-state index contributed by atoms with van der Waals surface area (Å²) in [6, 6.07) is 15.1. The van der Waals surface area contributed by atoms with Gasteiger partial charge in [-0.3, -0.25) is 4.68 Å². The molecular formula is C24H24N4O. The smallest absolute Gasteiger partial charge is 0.124 e. The lowest BCUT2D eigenvalue weighted by molar-refractivity contribution is 0.337. The van der Waals surface area contributed by atoms with E-state index < -0.39 is 0 Å². The second-order valence-corrected chi connectivity index (χ2v) is 7.45. The topological polar surface area (TPSA) is 52.8 Å². The van der Waals surface area contributed by atoms with E-state index in [0.717, 1.165) is 45.6 Å². The molecule has 0 amide bonds. The minimum absolute atomic E-state index is 0.509. The number of benzene rings is 2. The number of fused-ring (bicyclic) bond motifs is 1. The summed E-state index contributed by atoms with van der Waals surface area (Å²) >= 11 is 0. The van der Waals surface area contributed by atoms with Crippen molar-refractivity contribution in [3.8, 4) is 28.3 Å². The summed E-state index contributed by atoms with van der Waals surface area (Å²) in [7, 11) is 0. The predicted octanol–water partition coefficient (Wildman–Crippen LogP) is 5.46. The van der Waals surface area contributed by atoms with E-state index in [1.807, 2.05) is 19.1 Å². The largest absolute Gasteiger partial charge is 0.494 e. The van der Waals surface area contributed by atoms with E-state index in [-0.39, 0.29) is 0 Å². The summed E-state index contributed by atoms with van der Waals surface area (Å²) in [4.78, 5) is 9.23. The number of nitrogens with zero attached hydrogens (tertiary/aromatic N) is 4. The van der Waals surface area contributed by atoms with Crippen LogP contribution in [0.3, 0.4) is 0 Å². The van der Waals surface area contributed by atoms with Crippen LogP contribution in [-0.4, -0.2) is 26.4 Å². The fraction of sp³-hybridized carbons (Fsp3) is 0.292. The van der Waals surface area contributed by atoms with Crippen molar-refractivity contribution in [1.82, 2.24) is 19.7 Å². The summed E-state index contributed by atoms with van der Waals surface area (Å²) in [5.41, 5.74) is 6.14. The maximum atomic E-state index is 5.84. The van der Waals surface area contributed by atoms with E-state index in [4.69, 9.17) is 14.8 Å². The standard InChI is InChI=1S/C24H24N4O/c1-3-16-12-19-21(13-22(16)29-4-2)25-15-26-24(19)20-14-28(18-10-11-18)27-23(20)17-8-6-5-7-9-17/h5-9,12-15,18H,3-4,10-11H2,1-2H3. The van der Waals surface area contributed by atoms with Crippen molar-refractivity contribution in [2.45, 2.75) is 39.2 Å². The zero-order valence-electron chi connectivity index (χ0n) is 16.8. The third-order valence-corrected chi connectivity index (χ3v) is 5.45. The Hall–Kier alpha value is -3.21. The number of hydrogen-bond donors (Lipinski definition) is 0. The average Bonchev–Trinajstić information content (AvgIpc) is 3.52. The fourth-order valence-corrected chi connectivity index (χ4v) is 3.81. The van der Waals surface area contributed by atoms with E-state index in [1.165, 1.54) is 18.4 Å². The molecule has 1 aliphatic rings. The van der Waals surface area contributed by atoms with Crippen LogP contribution in [0.1, 0.15) is 38.3 Å². The Kier molecular flexibility index (Phi) is 4.51. The third kappa shape index (κ3) is 3.27. The van der Waals surface area contributed by atoms with Gasteiger partial charge in [0, 0.05) is 28.8 Å². The summed E-state index contributed by atoms with van der Waals surface area (Å²) in [5, 5.41) is 5.99. The van der Waals surface area contributed by atoms with Crippen LogP contribution >= 0.6 is 0 Å². The van der Waals surface area contributed by atoms with E-state index in [9.17, 15) is 0 Å². The first-order valence-electron chi connectivity index (χ1n) is 10.3. The van der Waals surface area contributed by atoms with Crippen molar-refractivity contribution in [3.05, 3.63) is 60.6 Å². The summed E-state index contributed by atoms with van der Waals surface area (Å²) in [6.45, 7) is 4.80. The molecule has 1 saturated carbocycles. The number of ether oxygens (including phenoxy) is 1. The van der Waals surface area contributed by atoms with Crippen molar-refractivity contribution in [2.75, 3.05) is 6.61 Å². The highest BCUT2D eigenvalue weighted by molar-refractivity contribution is 5.96. The molecule has 0 aliphatic heterocycles. The van der Waals surface area contributed by atoms with Gasteiger partial charge in [0.15, 0.2) is 0 Å². The van der Waals surface area contributed by atoms with Gasteiger partial charge >= 0.3 is 0 Å². The first-order chi connectivity index (χ1) is 14.3. The van der Waals surface area contributed by atoms with Crippen LogP contribution in [0.15, 0.2) is 55.0 Å². The summed E-state index contributed by atoms with van der Waals surface area (Å²) in [6.07, 6.45) is 7.08. The molecule has 0 N–H and O–H groups in total. The number of aryl methyl sites for hydroxylation is 1. The molecule has 5 nitrogen and oxygen atoms in total. The fourth-order valence-electron chi connectivity index (χ4n) is 3.81. The third-order valence-electron chi connectivity index (χ3n) is 5.45. The molecule has 0 atom stereocenters. The van der Waals surface area contributed by atoms with Crippen LogP contribution in [0.4, 0.5) is 0 Å². The first-order valence-corrected chi connectivity index (χ1v) is 10.3. The van der Waals surface area contributed by atoms with Gasteiger partial charge in [0.2, 0.25) is 0 Å². The lowest BCUT2D eigenvalue weighted by Crippen LogP contribution is -1.98. The van der Waals surface area contributed by atoms with Crippen LogP contribution in [0.25, 0.3) is 33.4 Å². The van der Waals surface area contributed by atoms with Crippen molar-refractivity contribution >= 4 is 10.9 Å². The maximum absolute atomic E-state index is 5.84. The van der Waals surface area contributed by atoms with Gasteiger partial charge in [-0.25, -0.2) is 9.97 Å². The van der Waals surface area contributed by atoms with E-state index in [1.54, 1.807) is 6.33 Å². The molecule has 1 aliphatic carbocycles. The highest BCUT2D eigenvalue weighted by atomic mass is 16.5. The van der Waals surface area contributed by atoms with Gasteiger partial charge in [0.1, 0.15) is 17.8 Å².